The van der Waals surface area contributed by atoms with Crippen molar-refractivity contribution in [2.24, 2.45) is 0 Å². The Morgan fingerprint density at radius 3 is 2.90 bits per heavy atom. The van der Waals surface area contributed by atoms with Gasteiger partial charge in [0.2, 0.25) is 5.89 Å². The van der Waals surface area contributed by atoms with E-state index in [1.54, 1.807) is 19.2 Å². The van der Waals surface area contributed by atoms with Gasteiger partial charge in [-0.15, -0.1) is 0 Å². The molecule has 0 bridgehead atoms. The Bertz CT molecular complexity index is 557. The van der Waals surface area contributed by atoms with Crippen LogP contribution in [0.2, 0.25) is 0 Å². The molecular weight excluding hydrogens is 263 g/mol. The standard InChI is InChI=1S/C14H17FN2O3/c1-18-6-5-16-8-10-9-20-14(17-10)12-4-3-11(19-2)7-13(12)15/h3-4,7,9,16H,5-6,8H2,1-2H3. The summed E-state index contributed by atoms with van der Waals surface area (Å²) in [5.74, 6) is 0.290. The molecule has 0 fully saturated rings. The Morgan fingerprint density at radius 2 is 2.20 bits per heavy atom. The summed E-state index contributed by atoms with van der Waals surface area (Å²) in [7, 11) is 3.13. The average molecular weight is 280 g/mol. The molecule has 0 unspecified atom stereocenters. The zero-order valence-electron chi connectivity index (χ0n) is 11.5. The summed E-state index contributed by atoms with van der Waals surface area (Å²) in [5, 5.41) is 3.14. The molecule has 0 saturated heterocycles. The molecule has 0 spiro atoms. The minimum Gasteiger partial charge on any atom is -0.497 e. The van der Waals surface area contributed by atoms with Gasteiger partial charge in [-0.1, -0.05) is 0 Å². The minimum absolute atomic E-state index is 0.258. The number of benzene rings is 1. The van der Waals surface area contributed by atoms with Gasteiger partial charge in [0.15, 0.2) is 0 Å². The molecule has 2 rings (SSSR count). The van der Waals surface area contributed by atoms with E-state index in [9.17, 15) is 4.39 Å². The summed E-state index contributed by atoms with van der Waals surface area (Å²) in [6.07, 6.45) is 1.51. The Balaban J connectivity index is 2.04. The lowest BCUT2D eigenvalue weighted by atomic mass is 10.2. The highest BCUT2D eigenvalue weighted by Crippen LogP contribution is 2.25. The number of aromatic nitrogens is 1. The van der Waals surface area contributed by atoms with Gasteiger partial charge in [-0.3, -0.25) is 0 Å². The van der Waals surface area contributed by atoms with Gasteiger partial charge in [0, 0.05) is 26.3 Å². The second-order valence-electron chi connectivity index (χ2n) is 4.16. The van der Waals surface area contributed by atoms with Crippen LogP contribution in [0.15, 0.2) is 28.9 Å². The summed E-state index contributed by atoms with van der Waals surface area (Å²) < 4.78 is 29.0. The average Bonchev–Trinajstić information content (AvgIpc) is 2.92. The summed E-state index contributed by atoms with van der Waals surface area (Å²) in [5.41, 5.74) is 1.03. The molecule has 1 N–H and O–H groups in total. The molecule has 5 nitrogen and oxygen atoms in total. The normalized spacial score (nSPS) is 10.8. The minimum atomic E-state index is -0.426. The third kappa shape index (κ3) is 3.55. The third-order valence-corrected chi connectivity index (χ3v) is 2.75. The number of halogens is 1. The van der Waals surface area contributed by atoms with Crippen molar-refractivity contribution in [1.82, 2.24) is 10.3 Å². The van der Waals surface area contributed by atoms with Gasteiger partial charge in [-0.25, -0.2) is 9.37 Å². The number of hydrogen-bond donors (Lipinski definition) is 1. The summed E-state index contributed by atoms with van der Waals surface area (Å²) in [6.45, 7) is 1.89. The topological polar surface area (TPSA) is 56.5 Å². The van der Waals surface area contributed by atoms with Gasteiger partial charge >= 0.3 is 0 Å². The number of nitrogens with one attached hydrogen (secondary N) is 1. The van der Waals surface area contributed by atoms with Gasteiger partial charge in [-0.2, -0.15) is 0 Å². The molecule has 0 radical (unpaired) electrons. The van der Waals surface area contributed by atoms with E-state index >= 15 is 0 Å². The molecule has 6 heteroatoms. The van der Waals surface area contributed by atoms with Crippen molar-refractivity contribution in [2.45, 2.75) is 6.54 Å². The second kappa shape index (κ2) is 7.02. The lowest BCUT2D eigenvalue weighted by Gasteiger charge is -2.02. The first-order valence-corrected chi connectivity index (χ1v) is 6.22. The predicted molar refractivity (Wildman–Crippen MR) is 72.0 cm³/mol. The van der Waals surface area contributed by atoms with Gasteiger partial charge in [-0.05, 0) is 12.1 Å². The van der Waals surface area contributed by atoms with Gasteiger partial charge in [0.05, 0.1) is 25.0 Å². The lowest BCUT2D eigenvalue weighted by molar-refractivity contribution is 0.199. The maximum absolute atomic E-state index is 13.9. The van der Waals surface area contributed by atoms with Crippen molar-refractivity contribution in [1.29, 1.82) is 0 Å². The summed E-state index contributed by atoms with van der Waals surface area (Å²) >= 11 is 0. The molecule has 108 valence electrons. The number of nitrogens with zero attached hydrogens (tertiary/aromatic N) is 1. The largest absolute Gasteiger partial charge is 0.497 e. The fourth-order valence-electron chi connectivity index (χ4n) is 1.70. The molecular formula is C14H17FN2O3. The van der Waals surface area contributed by atoms with Crippen LogP contribution in [-0.4, -0.2) is 32.4 Å². The fourth-order valence-corrected chi connectivity index (χ4v) is 1.70. The van der Waals surface area contributed by atoms with E-state index in [2.05, 4.69) is 10.3 Å². The van der Waals surface area contributed by atoms with E-state index in [0.717, 1.165) is 6.54 Å². The van der Waals surface area contributed by atoms with Crippen LogP contribution in [0.4, 0.5) is 4.39 Å². The highest BCUT2D eigenvalue weighted by atomic mass is 19.1. The highest BCUT2D eigenvalue weighted by molar-refractivity contribution is 5.55. The molecule has 1 aromatic carbocycles. The molecule has 0 amide bonds. The van der Waals surface area contributed by atoms with E-state index in [-0.39, 0.29) is 5.89 Å². The lowest BCUT2D eigenvalue weighted by Crippen LogP contribution is -2.18. The van der Waals surface area contributed by atoms with Crippen LogP contribution in [-0.2, 0) is 11.3 Å². The molecule has 20 heavy (non-hydrogen) atoms. The molecule has 1 aromatic heterocycles. The van der Waals surface area contributed by atoms with Crippen molar-refractivity contribution >= 4 is 0 Å². The Kier molecular flexibility index (Phi) is 5.09. The molecule has 0 atom stereocenters. The van der Waals surface area contributed by atoms with Crippen molar-refractivity contribution < 1.29 is 18.3 Å². The SMILES string of the molecule is COCCNCc1coc(-c2ccc(OC)cc2F)n1. The first kappa shape index (κ1) is 14.5. The number of hydrogen-bond acceptors (Lipinski definition) is 5. The van der Waals surface area contributed by atoms with E-state index < -0.39 is 5.82 Å². The quantitative estimate of drug-likeness (QED) is 0.788. The summed E-state index contributed by atoms with van der Waals surface area (Å²) in [6, 6.07) is 4.55. The number of rotatable bonds is 7. The van der Waals surface area contributed by atoms with Crippen LogP contribution in [0.25, 0.3) is 11.5 Å². The van der Waals surface area contributed by atoms with Crippen molar-refractivity contribution in [2.75, 3.05) is 27.4 Å². The number of oxazole rings is 1. The second-order valence-corrected chi connectivity index (χ2v) is 4.16. The fraction of sp³-hybridized carbons (Fsp3) is 0.357. The van der Waals surface area contributed by atoms with Crippen LogP contribution >= 0.6 is 0 Å². The first-order valence-electron chi connectivity index (χ1n) is 6.22. The van der Waals surface area contributed by atoms with Crippen molar-refractivity contribution in [3.63, 3.8) is 0 Å². The van der Waals surface area contributed by atoms with Crippen LogP contribution in [0.1, 0.15) is 5.69 Å². The van der Waals surface area contributed by atoms with Crippen LogP contribution in [0.3, 0.4) is 0 Å². The monoisotopic (exact) mass is 280 g/mol. The number of ether oxygens (including phenoxy) is 2. The van der Waals surface area contributed by atoms with Crippen molar-refractivity contribution in [3.8, 4) is 17.2 Å². The van der Waals surface area contributed by atoms with Gasteiger partial charge in [0.25, 0.3) is 0 Å². The maximum atomic E-state index is 13.9. The third-order valence-electron chi connectivity index (χ3n) is 2.75. The van der Waals surface area contributed by atoms with E-state index in [1.165, 1.54) is 19.4 Å². The zero-order valence-corrected chi connectivity index (χ0v) is 11.5. The van der Waals surface area contributed by atoms with E-state index in [4.69, 9.17) is 13.9 Å². The smallest absolute Gasteiger partial charge is 0.229 e. The number of methoxy groups -OCH3 is 2. The van der Waals surface area contributed by atoms with Gasteiger partial charge in [0.1, 0.15) is 17.8 Å². The Labute approximate surface area is 116 Å². The molecule has 0 aliphatic heterocycles. The molecule has 0 saturated carbocycles. The van der Waals surface area contributed by atoms with Crippen LogP contribution in [0, 0.1) is 5.82 Å². The maximum Gasteiger partial charge on any atom is 0.229 e. The van der Waals surface area contributed by atoms with Crippen molar-refractivity contribution in [3.05, 3.63) is 36.0 Å². The Morgan fingerprint density at radius 1 is 1.35 bits per heavy atom. The zero-order chi connectivity index (χ0) is 14.4. The molecule has 0 aliphatic rings. The van der Waals surface area contributed by atoms with E-state index in [0.29, 0.717) is 30.2 Å². The molecule has 2 aromatic rings. The highest BCUT2D eigenvalue weighted by Gasteiger charge is 2.12. The first-order chi connectivity index (χ1) is 9.74. The molecule has 1 heterocycles. The van der Waals surface area contributed by atoms with Gasteiger partial charge < -0.3 is 19.2 Å². The van der Waals surface area contributed by atoms with Crippen LogP contribution < -0.4 is 10.1 Å². The predicted octanol–water partition coefficient (Wildman–Crippen LogP) is 2.23. The Hall–Kier alpha value is -1.92. The van der Waals surface area contributed by atoms with Crippen LogP contribution in [0.5, 0.6) is 5.75 Å². The summed E-state index contributed by atoms with van der Waals surface area (Å²) in [4.78, 5) is 4.24. The molecule has 0 aliphatic carbocycles. The van der Waals surface area contributed by atoms with E-state index in [1.807, 2.05) is 0 Å².